The standard InChI is InChI=1S/C13H19NO2/c1-8-5-9(2)13(11(6-8)15-4)12-7-14-10(3)16-12/h5-6,10,12,14H,7H2,1-4H3. The smallest absolute Gasteiger partial charge is 0.125 e. The Labute approximate surface area is 96.8 Å². The molecular weight excluding hydrogens is 202 g/mol. The van der Waals surface area contributed by atoms with Crippen LogP contribution in [0.25, 0.3) is 0 Å². The third-order valence-corrected chi connectivity index (χ3v) is 2.99. The van der Waals surface area contributed by atoms with Crippen molar-refractivity contribution in [3.63, 3.8) is 0 Å². The van der Waals surface area contributed by atoms with Crippen LogP contribution in [0.2, 0.25) is 0 Å². The fourth-order valence-electron chi connectivity index (χ4n) is 2.31. The van der Waals surface area contributed by atoms with E-state index >= 15 is 0 Å². The molecule has 1 heterocycles. The van der Waals surface area contributed by atoms with Crippen molar-refractivity contribution in [2.45, 2.75) is 33.1 Å². The first-order chi connectivity index (χ1) is 7.61. The minimum Gasteiger partial charge on any atom is -0.496 e. The molecule has 3 nitrogen and oxygen atoms in total. The third kappa shape index (κ3) is 2.06. The minimum atomic E-state index is 0.102. The zero-order valence-corrected chi connectivity index (χ0v) is 10.3. The molecule has 0 amide bonds. The predicted octanol–water partition coefficient (Wildman–Crippen LogP) is 2.32. The lowest BCUT2D eigenvalue weighted by molar-refractivity contribution is 0.0512. The summed E-state index contributed by atoms with van der Waals surface area (Å²) < 4.78 is 11.3. The molecule has 1 saturated heterocycles. The molecule has 0 bridgehead atoms. The second-order valence-electron chi connectivity index (χ2n) is 4.37. The van der Waals surface area contributed by atoms with Crippen LogP contribution < -0.4 is 10.1 Å². The van der Waals surface area contributed by atoms with Crippen molar-refractivity contribution in [2.75, 3.05) is 13.7 Å². The van der Waals surface area contributed by atoms with Gasteiger partial charge < -0.3 is 9.47 Å². The SMILES string of the molecule is COc1cc(C)cc(C)c1C1CNC(C)O1. The molecule has 0 aromatic heterocycles. The summed E-state index contributed by atoms with van der Waals surface area (Å²) in [7, 11) is 1.71. The molecule has 1 fully saturated rings. The summed E-state index contributed by atoms with van der Waals surface area (Å²) in [6.07, 6.45) is 0.223. The van der Waals surface area contributed by atoms with Crippen molar-refractivity contribution in [1.82, 2.24) is 5.32 Å². The van der Waals surface area contributed by atoms with Gasteiger partial charge in [-0.3, -0.25) is 5.32 Å². The van der Waals surface area contributed by atoms with Gasteiger partial charge in [0.15, 0.2) is 0 Å². The zero-order valence-electron chi connectivity index (χ0n) is 10.3. The lowest BCUT2D eigenvalue weighted by Gasteiger charge is -2.18. The van der Waals surface area contributed by atoms with Crippen molar-refractivity contribution >= 4 is 0 Å². The van der Waals surface area contributed by atoms with Crippen molar-refractivity contribution in [1.29, 1.82) is 0 Å². The van der Waals surface area contributed by atoms with Gasteiger partial charge in [0.25, 0.3) is 0 Å². The predicted molar refractivity (Wildman–Crippen MR) is 63.8 cm³/mol. The number of aryl methyl sites for hydroxylation is 2. The molecule has 0 aliphatic carbocycles. The zero-order chi connectivity index (χ0) is 11.7. The van der Waals surface area contributed by atoms with E-state index in [0.29, 0.717) is 0 Å². The number of methoxy groups -OCH3 is 1. The summed E-state index contributed by atoms with van der Waals surface area (Å²) in [6, 6.07) is 4.23. The van der Waals surface area contributed by atoms with Crippen molar-refractivity contribution in [3.05, 3.63) is 28.8 Å². The molecule has 1 aromatic rings. The highest BCUT2D eigenvalue weighted by molar-refractivity contribution is 5.45. The molecule has 0 saturated carbocycles. The Kier molecular flexibility index (Phi) is 3.17. The molecule has 1 aliphatic heterocycles. The van der Waals surface area contributed by atoms with E-state index in [9.17, 15) is 0 Å². The number of ether oxygens (including phenoxy) is 2. The van der Waals surface area contributed by atoms with Gasteiger partial charge >= 0.3 is 0 Å². The molecule has 88 valence electrons. The first kappa shape index (κ1) is 11.4. The Hall–Kier alpha value is -1.06. The molecule has 0 spiro atoms. The van der Waals surface area contributed by atoms with E-state index in [4.69, 9.17) is 9.47 Å². The van der Waals surface area contributed by atoms with Crippen molar-refractivity contribution in [3.8, 4) is 5.75 Å². The fourth-order valence-corrected chi connectivity index (χ4v) is 2.31. The van der Waals surface area contributed by atoms with Crippen LogP contribution in [0.4, 0.5) is 0 Å². The molecule has 1 N–H and O–H groups in total. The van der Waals surface area contributed by atoms with Gasteiger partial charge in [-0.05, 0) is 38.0 Å². The van der Waals surface area contributed by atoms with Crippen LogP contribution in [-0.2, 0) is 4.74 Å². The molecule has 1 aromatic carbocycles. The Morgan fingerprint density at radius 2 is 2.12 bits per heavy atom. The fraction of sp³-hybridized carbons (Fsp3) is 0.538. The average Bonchev–Trinajstić information content (AvgIpc) is 2.63. The molecule has 16 heavy (non-hydrogen) atoms. The highest BCUT2D eigenvalue weighted by Crippen LogP contribution is 2.34. The van der Waals surface area contributed by atoms with Crippen LogP contribution >= 0.6 is 0 Å². The van der Waals surface area contributed by atoms with Crippen LogP contribution in [-0.4, -0.2) is 19.9 Å². The quantitative estimate of drug-likeness (QED) is 0.831. The maximum atomic E-state index is 5.82. The first-order valence-electron chi connectivity index (χ1n) is 5.65. The molecule has 1 aliphatic rings. The third-order valence-electron chi connectivity index (χ3n) is 2.99. The topological polar surface area (TPSA) is 30.5 Å². The van der Waals surface area contributed by atoms with E-state index in [1.165, 1.54) is 16.7 Å². The monoisotopic (exact) mass is 221 g/mol. The molecule has 2 rings (SSSR count). The number of hydrogen-bond donors (Lipinski definition) is 1. The van der Waals surface area contributed by atoms with Gasteiger partial charge in [0.2, 0.25) is 0 Å². The van der Waals surface area contributed by atoms with E-state index in [-0.39, 0.29) is 12.3 Å². The van der Waals surface area contributed by atoms with Crippen LogP contribution in [0.3, 0.4) is 0 Å². The van der Waals surface area contributed by atoms with Gasteiger partial charge in [0.05, 0.1) is 7.11 Å². The van der Waals surface area contributed by atoms with Gasteiger partial charge in [-0.15, -0.1) is 0 Å². The second kappa shape index (κ2) is 4.44. The first-order valence-corrected chi connectivity index (χ1v) is 5.65. The van der Waals surface area contributed by atoms with Crippen LogP contribution in [0.5, 0.6) is 5.75 Å². The lowest BCUT2D eigenvalue weighted by Crippen LogP contribution is -2.17. The second-order valence-corrected chi connectivity index (χ2v) is 4.37. The molecule has 2 atom stereocenters. The average molecular weight is 221 g/mol. The molecular formula is C13H19NO2. The van der Waals surface area contributed by atoms with E-state index in [2.05, 4.69) is 31.3 Å². The lowest BCUT2D eigenvalue weighted by atomic mass is 10.00. The van der Waals surface area contributed by atoms with Gasteiger partial charge in [0, 0.05) is 12.1 Å². The number of nitrogens with one attached hydrogen (secondary N) is 1. The van der Waals surface area contributed by atoms with Crippen molar-refractivity contribution < 1.29 is 9.47 Å². The Morgan fingerprint density at radius 1 is 1.38 bits per heavy atom. The largest absolute Gasteiger partial charge is 0.496 e. The van der Waals surface area contributed by atoms with E-state index in [1.807, 2.05) is 6.92 Å². The normalized spacial score (nSPS) is 24.8. The van der Waals surface area contributed by atoms with Crippen LogP contribution in [0.15, 0.2) is 12.1 Å². The summed E-state index contributed by atoms with van der Waals surface area (Å²) in [5, 5.41) is 3.28. The number of rotatable bonds is 2. The minimum absolute atomic E-state index is 0.102. The Balaban J connectivity index is 2.39. The van der Waals surface area contributed by atoms with Crippen LogP contribution in [0.1, 0.15) is 29.7 Å². The van der Waals surface area contributed by atoms with E-state index in [0.717, 1.165) is 12.3 Å². The van der Waals surface area contributed by atoms with E-state index < -0.39 is 0 Å². The van der Waals surface area contributed by atoms with Crippen molar-refractivity contribution in [2.24, 2.45) is 0 Å². The Bertz CT molecular complexity index is 390. The van der Waals surface area contributed by atoms with Gasteiger partial charge in [-0.2, -0.15) is 0 Å². The Morgan fingerprint density at radius 3 is 2.69 bits per heavy atom. The summed E-state index contributed by atoms with van der Waals surface area (Å²) in [6.45, 7) is 7.06. The molecule has 2 unspecified atom stereocenters. The molecule has 3 heteroatoms. The summed E-state index contributed by atoms with van der Waals surface area (Å²) >= 11 is 0. The number of benzene rings is 1. The number of hydrogen-bond acceptors (Lipinski definition) is 3. The maximum absolute atomic E-state index is 5.82. The van der Waals surface area contributed by atoms with Gasteiger partial charge in [-0.1, -0.05) is 6.07 Å². The highest BCUT2D eigenvalue weighted by Gasteiger charge is 2.26. The van der Waals surface area contributed by atoms with Crippen LogP contribution in [0, 0.1) is 13.8 Å². The van der Waals surface area contributed by atoms with Gasteiger partial charge in [0.1, 0.15) is 18.1 Å². The molecule has 0 radical (unpaired) electrons. The maximum Gasteiger partial charge on any atom is 0.125 e. The summed E-state index contributed by atoms with van der Waals surface area (Å²) in [5.41, 5.74) is 3.62. The summed E-state index contributed by atoms with van der Waals surface area (Å²) in [4.78, 5) is 0. The van der Waals surface area contributed by atoms with Gasteiger partial charge in [-0.25, -0.2) is 0 Å². The van der Waals surface area contributed by atoms with E-state index in [1.54, 1.807) is 7.11 Å². The summed E-state index contributed by atoms with van der Waals surface area (Å²) in [5.74, 6) is 0.929. The highest BCUT2D eigenvalue weighted by atomic mass is 16.5.